The third kappa shape index (κ3) is 3.78. The summed E-state index contributed by atoms with van der Waals surface area (Å²) in [5.41, 5.74) is 1.65. The van der Waals surface area contributed by atoms with Crippen molar-refractivity contribution < 1.29 is 19.3 Å². The Labute approximate surface area is 156 Å². The summed E-state index contributed by atoms with van der Waals surface area (Å²) in [6, 6.07) is 10.7. The number of nitrogens with zero attached hydrogens (tertiary/aromatic N) is 1. The predicted octanol–water partition coefficient (Wildman–Crippen LogP) is 3.95. The Morgan fingerprint density at radius 1 is 1.12 bits per heavy atom. The van der Waals surface area contributed by atoms with Crippen LogP contribution in [0.4, 0.5) is 5.69 Å². The van der Waals surface area contributed by atoms with Gasteiger partial charge in [0.2, 0.25) is 0 Å². The molecule has 0 saturated heterocycles. The number of nitrogens with one attached hydrogen (secondary N) is 1. The van der Waals surface area contributed by atoms with Crippen LogP contribution in [0.5, 0.6) is 0 Å². The minimum absolute atomic E-state index is 0.0992. The molecule has 1 aromatic carbocycles. The Bertz CT molecular complexity index is 934. The lowest BCUT2D eigenvalue weighted by molar-refractivity contribution is -0.671. The number of carbonyl (C=O) groups excluding carboxylic acids is 1. The molecule has 0 aliphatic carbocycles. The molecule has 2 heterocycles. The van der Waals surface area contributed by atoms with Crippen LogP contribution >= 0.6 is 27.3 Å². The summed E-state index contributed by atoms with van der Waals surface area (Å²) in [6.45, 7) is 0. The number of rotatable bonds is 4. The first kappa shape index (κ1) is 17.3. The van der Waals surface area contributed by atoms with Crippen molar-refractivity contribution in [1.82, 2.24) is 0 Å². The molecule has 0 spiro atoms. The van der Waals surface area contributed by atoms with Gasteiger partial charge < -0.3 is 10.4 Å². The van der Waals surface area contributed by atoms with E-state index in [1.165, 1.54) is 11.3 Å². The highest BCUT2D eigenvalue weighted by molar-refractivity contribution is 9.10. The van der Waals surface area contributed by atoms with E-state index in [9.17, 15) is 14.7 Å². The van der Waals surface area contributed by atoms with Crippen molar-refractivity contribution in [3.8, 4) is 10.4 Å². The normalized spacial score (nSPS) is 10.5. The molecule has 0 bridgehead atoms. The number of carbonyl (C=O) groups is 2. The topological polar surface area (TPSA) is 70.3 Å². The van der Waals surface area contributed by atoms with E-state index in [4.69, 9.17) is 0 Å². The van der Waals surface area contributed by atoms with Gasteiger partial charge in [-0.3, -0.25) is 4.79 Å². The van der Waals surface area contributed by atoms with Gasteiger partial charge in [0.05, 0.1) is 16.1 Å². The van der Waals surface area contributed by atoms with E-state index < -0.39 is 5.97 Å². The molecule has 5 nitrogen and oxygen atoms in total. The van der Waals surface area contributed by atoms with Crippen LogP contribution in [-0.4, -0.2) is 17.0 Å². The second-order valence-corrected chi connectivity index (χ2v) is 7.17. The summed E-state index contributed by atoms with van der Waals surface area (Å²) < 4.78 is 2.73. The zero-order valence-corrected chi connectivity index (χ0v) is 15.6. The molecule has 1 amide bonds. The van der Waals surface area contributed by atoms with Crippen molar-refractivity contribution in [3.63, 3.8) is 0 Å². The summed E-state index contributed by atoms with van der Waals surface area (Å²) in [5.74, 6) is -1.42. The Hall–Kier alpha value is -2.51. The number of benzene rings is 1. The van der Waals surface area contributed by atoms with Crippen molar-refractivity contribution in [3.05, 3.63) is 69.8 Å². The number of carboxylic acids is 1. The number of aromatic nitrogens is 1. The fraction of sp³-hybridized carbons (Fsp3) is 0.0556. The first-order chi connectivity index (χ1) is 12.0. The minimum Gasteiger partial charge on any atom is -0.478 e. The number of aryl methyl sites for hydroxylation is 1. The Morgan fingerprint density at radius 2 is 1.76 bits per heavy atom. The molecule has 0 unspecified atom stereocenters. The van der Waals surface area contributed by atoms with E-state index in [0.29, 0.717) is 16.1 Å². The van der Waals surface area contributed by atoms with E-state index in [2.05, 4.69) is 21.2 Å². The van der Waals surface area contributed by atoms with Crippen molar-refractivity contribution in [2.24, 2.45) is 7.05 Å². The molecule has 7 heteroatoms. The van der Waals surface area contributed by atoms with Crippen molar-refractivity contribution >= 4 is 44.8 Å². The monoisotopic (exact) mass is 417 g/mol. The Kier molecular flexibility index (Phi) is 4.96. The number of carboxylic acid groups (broad SMARTS) is 1. The zero-order valence-electron chi connectivity index (χ0n) is 13.2. The molecule has 0 fully saturated rings. The van der Waals surface area contributed by atoms with Gasteiger partial charge in [-0.25, -0.2) is 9.36 Å². The highest BCUT2D eigenvalue weighted by Gasteiger charge is 2.21. The molecule has 2 aromatic heterocycles. The predicted molar refractivity (Wildman–Crippen MR) is 100.0 cm³/mol. The van der Waals surface area contributed by atoms with Crippen LogP contribution in [0.1, 0.15) is 20.7 Å². The number of aromatic carboxylic acids is 1. The standard InChI is InChI=1S/C18H13BrN2O3S/c1-21-8-6-12(7-9-21)17(22)20-14-10-25-16(15(14)18(23)24)11-2-4-13(19)5-3-11/h2-10H,1H3,(H-,20,22,23,24)/p+1. The highest BCUT2D eigenvalue weighted by atomic mass is 79.9. The van der Waals surface area contributed by atoms with E-state index in [0.717, 1.165) is 10.0 Å². The number of hydrogen-bond donors (Lipinski definition) is 2. The average Bonchev–Trinajstić information content (AvgIpc) is 3.00. The van der Waals surface area contributed by atoms with Gasteiger partial charge in [0.1, 0.15) is 12.6 Å². The SMILES string of the molecule is C[n+]1ccc(C(=O)Nc2csc(-c3ccc(Br)cc3)c2C(=O)O)cc1. The third-order valence-corrected chi connectivity index (χ3v) is 5.16. The molecule has 25 heavy (non-hydrogen) atoms. The smallest absolute Gasteiger partial charge is 0.339 e. The van der Waals surface area contributed by atoms with Crippen LogP contribution in [0.15, 0.2) is 58.6 Å². The van der Waals surface area contributed by atoms with Gasteiger partial charge in [-0.05, 0) is 17.7 Å². The Morgan fingerprint density at radius 3 is 2.36 bits per heavy atom. The first-order valence-electron chi connectivity index (χ1n) is 7.33. The minimum atomic E-state index is -1.08. The lowest BCUT2D eigenvalue weighted by atomic mass is 10.1. The molecule has 2 N–H and O–H groups in total. The maximum atomic E-state index is 12.4. The lowest BCUT2D eigenvalue weighted by Crippen LogP contribution is -2.27. The molecule has 3 aromatic rings. The summed E-state index contributed by atoms with van der Waals surface area (Å²) >= 11 is 4.65. The fourth-order valence-electron chi connectivity index (χ4n) is 2.32. The van der Waals surface area contributed by atoms with Gasteiger partial charge in [-0.1, -0.05) is 28.1 Å². The number of hydrogen-bond acceptors (Lipinski definition) is 3. The molecular formula is C18H14BrN2O3S+. The second-order valence-electron chi connectivity index (χ2n) is 5.37. The number of halogens is 1. The second kappa shape index (κ2) is 7.16. The molecular weight excluding hydrogens is 404 g/mol. The lowest BCUT2D eigenvalue weighted by Gasteiger charge is -2.06. The maximum absolute atomic E-state index is 12.4. The number of thiophene rings is 1. The summed E-state index contributed by atoms with van der Waals surface area (Å²) in [7, 11) is 1.85. The fourth-order valence-corrected chi connectivity index (χ4v) is 3.59. The van der Waals surface area contributed by atoms with Crippen LogP contribution in [0, 0.1) is 0 Å². The number of pyridine rings is 1. The van der Waals surface area contributed by atoms with Gasteiger partial charge in [0.15, 0.2) is 12.4 Å². The largest absolute Gasteiger partial charge is 0.478 e. The molecule has 126 valence electrons. The molecule has 0 saturated carbocycles. The molecule has 0 radical (unpaired) electrons. The molecule has 0 aliphatic rings. The third-order valence-electron chi connectivity index (χ3n) is 3.60. The molecule has 3 rings (SSSR count). The van der Waals surface area contributed by atoms with Gasteiger partial charge in [0, 0.05) is 22.0 Å². The average molecular weight is 418 g/mol. The van der Waals surface area contributed by atoms with Crippen LogP contribution in [0.3, 0.4) is 0 Å². The van der Waals surface area contributed by atoms with Crippen LogP contribution in [0.2, 0.25) is 0 Å². The zero-order chi connectivity index (χ0) is 18.0. The summed E-state index contributed by atoms with van der Waals surface area (Å²) in [5, 5.41) is 14.0. The number of anilines is 1. The summed E-state index contributed by atoms with van der Waals surface area (Å²) in [4.78, 5) is 24.7. The number of amides is 1. The van der Waals surface area contributed by atoms with Gasteiger partial charge in [-0.15, -0.1) is 11.3 Å². The van der Waals surface area contributed by atoms with E-state index >= 15 is 0 Å². The summed E-state index contributed by atoms with van der Waals surface area (Å²) in [6.07, 6.45) is 3.52. The quantitative estimate of drug-likeness (QED) is 0.631. The first-order valence-corrected chi connectivity index (χ1v) is 9.00. The van der Waals surface area contributed by atoms with Crippen molar-refractivity contribution in [2.45, 2.75) is 0 Å². The molecule has 0 atom stereocenters. The van der Waals surface area contributed by atoms with Crippen molar-refractivity contribution in [2.75, 3.05) is 5.32 Å². The van der Waals surface area contributed by atoms with Gasteiger partial charge in [0.25, 0.3) is 5.91 Å². The van der Waals surface area contributed by atoms with Gasteiger partial charge in [-0.2, -0.15) is 0 Å². The van der Waals surface area contributed by atoms with E-state index in [1.54, 1.807) is 29.9 Å². The van der Waals surface area contributed by atoms with Crippen molar-refractivity contribution in [1.29, 1.82) is 0 Å². The highest BCUT2D eigenvalue weighted by Crippen LogP contribution is 2.36. The van der Waals surface area contributed by atoms with E-state index in [1.807, 2.05) is 35.9 Å². The van der Waals surface area contributed by atoms with Crippen LogP contribution in [0.25, 0.3) is 10.4 Å². The van der Waals surface area contributed by atoms with Gasteiger partial charge >= 0.3 is 5.97 Å². The van der Waals surface area contributed by atoms with Crippen LogP contribution in [-0.2, 0) is 7.05 Å². The van der Waals surface area contributed by atoms with E-state index in [-0.39, 0.29) is 11.5 Å². The van der Waals surface area contributed by atoms with Crippen LogP contribution < -0.4 is 9.88 Å². The maximum Gasteiger partial charge on any atom is 0.339 e. The Balaban J connectivity index is 1.94. The molecule has 0 aliphatic heterocycles.